The van der Waals surface area contributed by atoms with Gasteiger partial charge in [0.2, 0.25) is 0 Å². The lowest BCUT2D eigenvalue weighted by atomic mass is 10.1. The van der Waals surface area contributed by atoms with Crippen molar-refractivity contribution in [3.8, 4) is 0 Å². The summed E-state index contributed by atoms with van der Waals surface area (Å²) in [4.78, 5) is 4.55. The summed E-state index contributed by atoms with van der Waals surface area (Å²) in [5, 5.41) is 6.58. The zero-order valence-electron chi connectivity index (χ0n) is 13.0. The van der Waals surface area contributed by atoms with E-state index in [1.54, 1.807) is 0 Å². The van der Waals surface area contributed by atoms with E-state index < -0.39 is 9.84 Å². The number of nitrogens with one attached hydrogen (secondary N) is 2. The molecular weight excluding hydrogens is 290 g/mol. The van der Waals surface area contributed by atoms with E-state index in [2.05, 4.69) is 29.5 Å². The molecule has 0 bridgehead atoms. The van der Waals surface area contributed by atoms with Crippen molar-refractivity contribution < 1.29 is 13.2 Å². The van der Waals surface area contributed by atoms with Gasteiger partial charge in [0.1, 0.15) is 0 Å². The quantitative estimate of drug-likeness (QED) is 0.571. The van der Waals surface area contributed by atoms with Gasteiger partial charge in [-0.15, -0.1) is 0 Å². The van der Waals surface area contributed by atoms with Crippen molar-refractivity contribution in [2.75, 3.05) is 31.2 Å². The first-order chi connectivity index (χ1) is 9.94. The molecule has 0 amide bonds. The van der Waals surface area contributed by atoms with Gasteiger partial charge in [-0.3, -0.25) is 4.99 Å². The highest BCUT2D eigenvalue weighted by Crippen LogP contribution is 2.18. The largest absolute Gasteiger partial charge is 0.376 e. The standard InChI is InChI=1S/C14H27N3O3S/c1-11(2)17-14(16-9-13-4-3-6-20-13)15-8-12-5-7-21(18,19)10-12/h11-13H,3-10H2,1-2H3,(H2,15,16,17). The molecule has 0 aromatic heterocycles. The topological polar surface area (TPSA) is 79.8 Å². The van der Waals surface area contributed by atoms with E-state index in [1.165, 1.54) is 0 Å². The number of rotatable bonds is 5. The first kappa shape index (κ1) is 16.5. The first-order valence-corrected chi connectivity index (χ1v) is 9.63. The molecule has 7 heteroatoms. The van der Waals surface area contributed by atoms with E-state index in [1.807, 2.05) is 0 Å². The van der Waals surface area contributed by atoms with Crippen LogP contribution in [0.1, 0.15) is 33.1 Å². The van der Waals surface area contributed by atoms with Crippen molar-refractivity contribution in [2.45, 2.75) is 45.3 Å². The average molecular weight is 317 g/mol. The number of sulfone groups is 1. The molecule has 2 N–H and O–H groups in total. The number of hydrogen-bond donors (Lipinski definition) is 2. The van der Waals surface area contributed by atoms with Crippen LogP contribution in [0.3, 0.4) is 0 Å². The highest BCUT2D eigenvalue weighted by atomic mass is 32.2. The number of nitrogens with zero attached hydrogens (tertiary/aromatic N) is 1. The Morgan fingerprint density at radius 1 is 1.38 bits per heavy atom. The number of hydrogen-bond acceptors (Lipinski definition) is 4. The summed E-state index contributed by atoms with van der Waals surface area (Å²) in [5.74, 6) is 1.49. The second-order valence-corrected chi connectivity index (χ2v) is 8.50. The zero-order chi connectivity index (χ0) is 15.3. The zero-order valence-corrected chi connectivity index (χ0v) is 13.8. The maximum Gasteiger partial charge on any atom is 0.191 e. The van der Waals surface area contributed by atoms with Crippen LogP contribution in [0, 0.1) is 5.92 Å². The lowest BCUT2D eigenvalue weighted by Gasteiger charge is -2.18. The van der Waals surface area contributed by atoms with Gasteiger partial charge in [0.25, 0.3) is 0 Å². The Bertz CT molecular complexity index is 456. The summed E-state index contributed by atoms with van der Waals surface area (Å²) in [7, 11) is -2.82. The van der Waals surface area contributed by atoms with Gasteiger partial charge >= 0.3 is 0 Å². The van der Waals surface area contributed by atoms with Crippen molar-refractivity contribution in [1.29, 1.82) is 0 Å². The predicted octanol–water partition coefficient (Wildman–Crippen LogP) is 0.544. The van der Waals surface area contributed by atoms with E-state index in [-0.39, 0.29) is 23.8 Å². The number of ether oxygens (including phenoxy) is 1. The molecule has 2 saturated heterocycles. The van der Waals surface area contributed by atoms with Crippen molar-refractivity contribution in [3.63, 3.8) is 0 Å². The van der Waals surface area contributed by atoms with Crippen LogP contribution < -0.4 is 10.6 Å². The molecule has 0 saturated carbocycles. The van der Waals surface area contributed by atoms with Crippen LogP contribution in [0.15, 0.2) is 4.99 Å². The minimum Gasteiger partial charge on any atom is -0.376 e. The molecule has 2 atom stereocenters. The molecule has 122 valence electrons. The Morgan fingerprint density at radius 2 is 2.19 bits per heavy atom. The van der Waals surface area contributed by atoms with E-state index in [0.29, 0.717) is 12.3 Å². The van der Waals surface area contributed by atoms with Crippen LogP contribution in [-0.2, 0) is 14.6 Å². The Morgan fingerprint density at radius 3 is 2.76 bits per heavy atom. The summed E-state index contributed by atoms with van der Waals surface area (Å²) in [5.41, 5.74) is 0. The van der Waals surface area contributed by atoms with Gasteiger partial charge in [-0.05, 0) is 39.0 Å². The Balaban J connectivity index is 1.83. The first-order valence-electron chi connectivity index (χ1n) is 7.81. The number of aliphatic imine (C=N–C) groups is 1. The van der Waals surface area contributed by atoms with Crippen molar-refractivity contribution in [2.24, 2.45) is 10.9 Å². The molecule has 2 aliphatic rings. The third-order valence-corrected chi connectivity index (χ3v) is 5.62. The lowest BCUT2D eigenvalue weighted by Crippen LogP contribution is -2.44. The predicted molar refractivity (Wildman–Crippen MR) is 84.3 cm³/mol. The third-order valence-electron chi connectivity index (χ3n) is 3.78. The smallest absolute Gasteiger partial charge is 0.191 e. The summed E-state index contributed by atoms with van der Waals surface area (Å²) in [6.07, 6.45) is 3.20. The van der Waals surface area contributed by atoms with E-state index in [0.717, 1.165) is 38.4 Å². The maximum atomic E-state index is 11.5. The van der Waals surface area contributed by atoms with Crippen LogP contribution in [-0.4, -0.2) is 57.7 Å². The second-order valence-electron chi connectivity index (χ2n) is 6.27. The lowest BCUT2D eigenvalue weighted by molar-refractivity contribution is 0.113. The molecule has 0 aromatic rings. The monoisotopic (exact) mass is 317 g/mol. The van der Waals surface area contributed by atoms with Gasteiger partial charge in [-0.25, -0.2) is 8.42 Å². The fraction of sp³-hybridized carbons (Fsp3) is 0.929. The molecule has 2 fully saturated rings. The summed E-state index contributed by atoms with van der Waals surface area (Å²) in [6.45, 7) is 6.28. The molecule has 0 aliphatic carbocycles. The van der Waals surface area contributed by atoms with Gasteiger partial charge in [-0.1, -0.05) is 0 Å². The highest BCUT2D eigenvalue weighted by molar-refractivity contribution is 7.91. The van der Waals surface area contributed by atoms with Gasteiger partial charge in [0, 0.05) is 25.7 Å². The van der Waals surface area contributed by atoms with Crippen molar-refractivity contribution >= 4 is 15.8 Å². The van der Waals surface area contributed by atoms with Crippen molar-refractivity contribution in [1.82, 2.24) is 10.6 Å². The van der Waals surface area contributed by atoms with E-state index >= 15 is 0 Å². The summed E-state index contributed by atoms with van der Waals surface area (Å²) >= 11 is 0. The molecule has 2 aliphatic heterocycles. The van der Waals surface area contributed by atoms with Gasteiger partial charge < -0.3 is 15.4 Å². The van der Waals surface area contributed by atoms with E-state index in [9.17, 15) is 8.42 Å². The molecule has 0 spiro atoms. The average Bonchev–Trinajstić information content (AvgIpc) is 3.01. The molecule has 0 aromatic carbocycles. The highest BCUT2D eigenvalue weighted by Gasteiger charge is 2.27. The van der Waals surface area contributed by atoms with Crippen LogP contribution in [0.5, 0.6) is 0 Å². The number of guanidine groups is 1. The minimum atomic E-state index is -2.82. The second kappa shape index (κ2) is 7.45. The van der Waals surface area contributed by atoms with Crippen molar-refractivity contribution in [3.05, 3.63) is 0 Å². The van der Waals surface area contributed by atoms with Crippen LogP contribution in [0.4, 0.5) is 0 Å². The minimum absolute atomic E-state index is 0.156. The normalized spacial score (nSPS) is 29.0. The third kappa shape index (κ3) is 5.82. The molecule has 6 nitrogen and oxygen atoms in total. The molecular formula is C14H27N3O3S. The maximum absolute atomic E-state index is 11.5. The summed E-state index contributed by atoms with van der Waals surface area (Å²) < 4.78 is 28.5. The van der Waals surface area contributed by atoms with Gasteiger partial charge in [0.15, 0.2) is 15.8 Å². The van der Waals surface area contributed by atoms with Crippen LogP contribution in [0.25, 0.3) is 0 Å². The Labute approximate surface area is 127 Å². The molecule has 2 rings (SSSR count). The van der Waals surface area contributed by atoms with Gasteiger partial charge in [-0.2, -0.15) is 0 Å². The van der Waals surface area contributed by atoms with Gasteiger partial charge in [0.05, 0.1) is 17.6 Å². The Kier molecular flexibility index (Phi) is 5.87. The molecule has 0 radical (unpaired) electrons. The fourth-order valence-corrected chi connectivity index (χ4v) is 4.53. The SMILES string of the molecule is CC(C)NC(=NCC1CCS(=O)(=O)C1)NCC1CCCO1. The van der Waals surface area contributed by atoms with Crippen LogP contribution in [0.2, 0.25) is 0 Å². The summed E-state index contributed by atoms with van der Waals surface area (Å²) in [6, 6.07) is 0.285. The molecule has 2 heterocycles. The Hall–Kier alpha value is -0.820. The fourth-order valence-electron chi connectivity index (χ4n) is 2.68. The van der Waals surface area contributed by atoms with E-state index in [4.69, 9.17) is 4.74 Å². The van der Waals surface area contributed by atoms with Crippen LogP contribution >= 0.6 is 0 Å². The molecule has 2 unspecified atom stereocenters. The molecule has 21 heavy (non-hydrogen) atoms.